The van der Waals surface area contributed by atoms with Crippen molar-refractivity contribution in [3.8, 4) is 0 Å². The molecule has 1 fully saturated rings. The second-order valence-corrected chi connectivity index (χ2v) is 6.66. The Morgan fingerprint density at radius 2 is 1.77 bits per heavy atom. The monoisotopic (exact) mass is 310 g/mol. The van der Waals surface area contributed by atoms with Crippen molar-refractivity contribution in [2.45, 2.75) is 77.7 Å². The van der Waals surface area contributed by atoms with Crippen LogP contribution in [-0.4, -0.2) is 22.6 Å². The molecule has 1 saturated carbocycles. The van der Waals surface area contributed by atoms with E-state index in [1.165, 1.54) is 25.7 Å². The van der Waals surface area contributed by atoms with Gasteiger partial charge in [-0.2, -0.15) is 0 Å². The van der Waals surface area contributed by atoms with Crippen molar-refractivity contribution in [2.75, 3.05) is 0 Å². The van der Waals surface area contributed by atoms with Crippen LogP contribution in [0.1, 0.15) is 72.1 Å². The Morgan fingerprint density at radius 3 is 2.27 bits per heavy atom. The molecule has 1 aliphatic rings. The van der Waals surface area contributed by atoms with E-state index in [4.69, 9.17) is 9.84 Å². The van der Waals surface area contributed by atoms with Gasteiger partial charge in [0.05, 0.1) is 0 Å². The summed E-state index contributed by atoms with van der Waals surface area (Å²) in [7, 11) is 0. The minimum absolute atomic E-state index is 0.378. The number of rotatable bonds is 8. The first-order chi connectivity index (χ1) is 10.4. The second kappa shape index (κ2) is 8.96. The summed E-state index contributed by atoms with van der Waals surface area (Å²) in [6, 6.07) is 0. The van der Waals surface area contributed by atoms with Gasteiger partial charge in [-0.3, -0.25) is 0 Å². The van der Waals surface area contributed by atoms with Crippen LogP contribution in [0.3, 0.4) is 0 Å². The lowest BCUT2D eigenvalue weighted by Crippen LogP contribution is -2.41. The first-order valence-corrected chi connectivity index (χ1v) is 8.55. The van der Waals surface area contributed by atoms with Crippen molar-refractivity contribution in [1.29, 1.82) is 0 Å². The Balaban J connectivity index is 2.66. The molecule has 0 bridgehead atoms. The molecule has 0 aromatic carbocycles. The van der Waals surface area contributed by atoms with Crippen LogP contribution in [0.25, 0.3) is 0 Å². The quantitative estimate of drug-likeness (QED) is 0.535. The third kappa shape index (κ3) is 5.82. The highest BCUT2D eigenvalue weighted by molar-refractivity contribution is 5.90. The third-order valence-electron chi connectivity index (χ3n) is 4.85. The van der Waals surface area contributed by atoms with Gasteiger partial charge in [0.1, 0.15) is 5.60 Å². The summed E-state index contributed by atoms with van der Waals surface area (Å²) in [5, 5.41) is 8.60. The number of ether oxygens (including phenoxy) is 1. The smallest absolute Gasteiger partial charge is 0.331 e. The summed E-state index contributed by atoms with van der Waals surface area (Å²) in [4.78, 5) is 22.4. The average Bonchev–Trinajstić information content (AvgIpc) is 2.46. The van der Waals surface area contributed by atoms with Crippen LogP contribution >= 0.6 is 0 Å². The molecule has 1 aliphatic carbocycles. The summed E-state index contributed by atoms with van der Waals surface area (Å²) >= 11 is 0. The fourth-order valence-electron chi connectivity index (χ4n) is 3.71. The molecule has 1 unspecified atom stereocenters. The highest BCUT2D eigenvalue weighted by Crippen LogP contribution is 2.41. The lowest BCUT2D eigenvalue weighted by atomic mass is 9.71. The Bertz CT molecular complexity index is 394. The van der Waals surface area contributed by atoms with Crippen molar-refractivity contribution in [3.63, 3.8) is 0 Å². The molecule has 4 heteroatoms. The number of carboxylic acids is 1. The maximum atomic E-state index is 11.9. The maximum Gasteiger partial charge on any atom is 0.331 e. The zero-order chi connectivity index (χ0) is 16.6. The first kappa shape index (κ1) is 18.7. The molecule has 0 heterocycles. The van der Waals surface area contributed by atoms with Gasteiger partial charge >= 0.3 is 11.9 Å². The average molecular weight is 310 g/mol. The molecule has 22 heavy (non-hydrogen) atoms. The van der Waals surface area contributed by atoms with Crippen molar-refractivity contribution < 1.29 is 19.4 Å². The molecule has 0 saturated heterocycles. The molecule has 0 aliphatic heterocycles. The molecular weight excluding hydrogens is 280 g/mol. The highest BCUT2D eigenvalue weighted by atomic mass is 16.6. The van der Waals surface area contributed by atoms with Gasteiger partial charge in [0.25, 0.3) is 0 Å². The number of hydrogen-bond acceptors (Lipinski definition) is 3. The van der Waals surface area contributed by atoms with Gasteiger partial charge in [0.15, 0.2) is 0 Å². The first-order valence-electron chi connectivity index (χ1n) is 8.55. The van der Waals surface area contributed by atoms with Crippen molar-refractivity contribution in [2.24, 2.45) is 11.8 Å². The highest BCUT2D eigenvalue weighted by Gasteiger charge is 2.38. The summed E-state index contributed by atoms with van der Waals surface area (Å²) in [5.41, 5.74) is -0.480. The lowest BCUT2D eigenvalue weighted by molar-refractivity contribution is -0.161. The number of esters is 1. The van der Waals surface area contributed by atoms with E-state index in [0.29, 0.717) is 5.92 Å². The van der Waals surface area contributed by atoms with Crippen LogP contribution in [0.2, 0.25) is 0 Å². The lowest BCUT2D eigenvalue weighted by Gasteiger charge is -2.41. The van der Waals surface area contributed by atoms with E-state index in [-0.39, 0.29) is 0 Å². The minimum Gasteiger partial charge on any atom is -0.478 e. The molecule has 0 amide bonds. The van der Waals surface area contributed by atoms with Crippen molar-refractivity contribution >= 4 is 11.9 Å². The predicted octanol–water partition coefficient (Wildman–Crippen LogP) is 4.34. The Morgan fingerprint density at radius 1 is 1.14 bits per heavy atom. The van der Waals surface area contributed by atoms with Crippen LogP contribution in [-0.2, 0) is 14.3 Å². The van der Waals surface area contributed by atoms with Gasteiger partial charge in [-0.25, -0.2) is 9.59 Å². The molecule has 1 atom stereocenters. The molecule has 0 spiro atoms. The molecule has 4 nitrogen and oxygen atoms in total. The van der Waals surface area contributed by atoms with E-state index in [9.17, 15) is 9.59 Å². The molecule has 0 aromatic heterocycles. The van der Waals surface area contributed by atoms with Gasteiger partial charge in [-0.1, -0.05) is 46.0 Å². The maximum absolute atomic E-state index is 11.9. The number of carbonyl (C=O) groups excluding carboxylic acids is 1. The van der Waals surface area contributed by atoms with E-state index in [2.05, 4.69) is 13.8 Å². The number of carbonyl (C=O) groups is 2. The van der Waals surface area contributed by atoms with E-state index >= 15 is 0 Å². The van der Waals surface area contributed by atoms with Gasteiger partial charge in [-0.15, -0.1) is 0 Å². The third-order valence-corrected chi connectivity index (χ3v) is 4.85. The summed E-state index contributed by atoms with van der Waals surface area (Å²) in [5.74, 6) is -0.485. The van der Waals surface area contributed by atoms with E-state index < -0.39 is 17.5 Å². The predicted molar refractivity (Wildman–Crippen MR) is 86.5 cm³/mol. The summed E-state index contributed by atoms with van der Waals surface area (Å²) in [6.07, 6.45) is 10.7. The van der Waals surface area contributed by atoms with Gasteiger partial charge in [-0.05, 0) is 38.0 Å². The van der Waals surface area contributed by atoms with Crippen LogP contribution in [0.15, 0.2) is 12.2 Å². The van der Waals surface area contributed by atoms with E-state index in [0.717, 1.165) is 43.8 Å². The van der Waals surface area contributed by atoms with Crippen LogP contribution < -0.4 is 0 Å². The number of hydrogen-bond donors (Lipinski definition) is 1. The molecule has 1 rings (SSSR count). The van der Waals surface area contributed by atoms with Crippen LogP contribution in [0.4, 0.5) is 0 Å². The normalized spacial score (nSPS) is 24.9. The Labute approximate surface area is 133 Å². The molecule has 0 radical (unpaired) electrons. The number of carboxylic acid groups (broad SMARTS) is 1. The van der Waals surface area contributed by atoms with E-state index in [1.54, 1.807) is 0 Å². The topological polar surface area (TPSA) is 63.6 Å². The molecular formula is C18H30O4. The SMILES string of the molecule is CCCC1CCC(C(C)(CCC)OC(=O)/C=C/C(=O)O)CC1. The van der Waals surface area contributed by atoms with Gasteiger partial charge in [0.2, 0.25) is 0 Å². The summed E-state index contributed by atoms with van der Waals surface area (Å²) in [6.45, 7) is 6.32. The minimum atomic E-state index is -1.13. The van der Waals surface area contributed by atoms with Crippen molar-refractivity contribution in [3.05, 3.63) is 12.2 Å². The van der Waals surface area contributed by atoms with Crippen molar-refractivity contribution in [1.82, 2.24) is 0 Å². The zero-order valence-electron chi connectivity index (χ0n) is 14.1. The van der Waals surface area contributed by atoms with Gasteiger partial charge < -0.3 is 9.84 Å². The van der Waals surface area contributed by atoms with Crippen LogP contribution in [0, 0.1) is 11.8 Å². The largest absolute Gasteiger partial charge is 0.478 e. The Kier molecular flexibility index (Phi) is 7.63. The number of aliphatic carboxylic acids is 1. The second-order valence-electron chi connectivity index (χ2n) is 6.66. The zero-order valence-corrected chi connectivity index (χ0v) is 14.1. The standard InChI is InChI=1S/C18H30O4/c1-4-6-14-7-9-15(10-8-14)18(3,13-5-2)22-17(21)12-11-16(19)20/h11-12,14-15H,4-10,13H2,1-3H3,(H,19,20)/b12-11+. The van der Waals surface area contributed by atoms with Crippen LogP contribution in [0.5, 0.6) is 0 Å². The fourth-order valence-corrected chi connectivity index (χ4v) is 3.71. The Hall–Kier alpha value is -1.32. The molecule has 1 N–H and O–H groups in total. The molecule has 0 aromatic rings. The van der Waals surface area contributed by atoms with Gasteiger partial charge in [0, 0.05) is 12.2 Å². The van der Waals surface area contributed by atoms with E-state index in [1.807, 2.05) is 6.92 Å². The fraction of sp³-hybridized carbons (Fsp3) is 0.778. The summed E-state index contributed by atoms with van der Waals surface area (Å²) < 4.78 is 5.67. The molecule has 126 valence electrons.